The Hall–Kier alpha value is -2.52. The molecular weight excluding hydrogens is 256 g/mol. The molecule has 1 aromatic carbocycles. The topological polar surface area (TPSA) is 89.8 Å². The number of aromatic nitrogens is 2. The summed E-state index contributed by atoms with van der Waals surface area (Å²) in [6, 6.07) is 5.36. The third-order valence-electron chi connectivity index (χ3n) is 2.93. The Morgan fingerprint density at radius 3 is 2.90 bits per heavy atom. The fourth-order valence-electron chi connectivity index (χ4n) is 1.94. The molecule has 104 valence electrons. The Morgan fingerprint density at radius 2 is 2.15 bits per heavy atom. The number of hydrogen-bond acceptors (Lipinski definition) is 3. The summed E-state index contributed by atoms with van der Waals surface area (Å²) in [5, 5.41) is 5.68. The molecule has 0 aliphatic heterocycles. The average molecular weight is 272 g/mol. The van der Waals surface area contributed by atoms with Gasteiger partial charge in [-0.25, -0.2) is 4.79 Å². The summed E-state index contributed by atoms with van der Waals surface area (Å²) in [5.41, 5.74) is 2.14. The lowest BCUT2D eigenvalue weighted by atomic mass is 10.1. The van der Waals surface area contributed by atoms with Crippen molar-refractivity contribution in [2.45, 2.75) is 13.0 Å². The van der Waals surface area contributed by atoms with Gasteiger partial charge in [-0.3, -0.25) is 10.1 Å². The molecule has 1 atom stereocenters. The Balaban J connectivity index is 2.03. The maximum atomic E-state index is 11.7. The first-order valence-corrected chi connectivity index (χ1v) is 6.25. The molecule has 1 unspecified atom stereocenters. The van der Waals surface area contributed by atoms with E-state index in [2.05, 4.69) is 26.5 Å². The number of terminal acetylenes is 1. The largest absolute Gasteiger partial charge is 0.348 e. The van der Waals surface area contributed by atoms with Crippen molar-refractivity contribution in [1.29, 1.82) is 0 Å². The summed E-state index contributed by atoms with van der Waals surface area (Å²) in [5.74, 6) is 2.27. The van der Waals surface area contributed by atoms with Gasteiger partial charge >= 0.3 is 5.69 Å². The van der Waals surface area contributed by atoms with E-state index < -0.39 is 0 Å². The molecule has 0 spiro atoms. The molecule has 1 aromatic heterocycles. The first kappa shape index (κ1) is 13.9. The smallest absolute Gasteiger partial charge is 0.323 e. The number of carbonyl (C=O) groups is 1. The summed E-state index contributed by atoms with van der Waals surface area (Å²) >= 11 is 0. The van der Waals surface area contributed by atoms with Crippen molar-refractivity contribution in [3.63, 3.8) is 0 Å². The van der Waals surface area contributed by atoms with E-state index in [1.54, 1.807) is 0 Å². The molecule has 2 rings (SSSR count). The van der Waals surface area contributed by atoms with Crippen molar-refractivity contribution >= 4 is 16.9 Å². The van der Waals surface area contributed by atoms with E-state index in [9.17, 15) is 9.59 Å². The molecule has 20 heavy (non-hydrogen) atoms. The molecule has 0 saturated carbocycles. The first-order valence-electron chi connectivity index (χ1n) is 6.25. The van der Waals surface area contributed by atoms with Crippen molar-refractivity contribution in [2.75, 3.05) is 13.1 Å². The highest BCUT2D eigenvalue weighted by Gasteiger charge is 2.10. The molecule has 0 saturated heterocycles. The van der Waals surface area contributed by atoms with Crippen LogP contribution in [-0.2, 0) is 4.79 Å². The standard InChI is InChI=1S/C14H16N4O2/c1-3-6-15-8-13(19)16-9(2)10-4-5-11-12(7-10)18-14(20)17-11/h1,4-5,7,9,15H,6,8H2,2H3,(H,16,19)(H2,17,18,20). The summed E-state index contributed by atoms with van der Waals surface area (Å²) in [6.07, 6.45) is 5.09. The number of hydrogen-bond donors (Lipinski definition) is 4. The van der Waals surface area contributed by atoms with Gasteiger partial charge in [-0.15, -0.1) is 6.42 Å². The molecule has 0 radical (unpaired) electrons. The minimum absolute atomic E-state index is 0.129. The molecule has 0 aliphatic rings. The van der Waals surface area contributed by atoms with Crippen LogP contribution in [0.25, 0.3) is 11.0 Å². The zero-order chi connectivity index (χ0) is 14.5. The number of fused-ring (bicyclic) bond motifs is 1. The number of imidazole rings is 1. The Bertz CT molecular complexity index is 708. The summed E-state index contributed by atoms with van der Waals surface area (Å²) in [6.45, 7) is 2.42. The maximum Gasteiger partial charge on any atom is 0.323 e. The highest BCUT2D eigenvalue weighted by molar-refractivity contribution is 5.79. The summed E-state index contributed by atoms with van der Waals surface area (Å²) in [7, 11) is 0. The number of carbonyl (C=O) groups excluding carboxylic acids is 1. The van der Waals surface area contributed by atoms with Gasteiger partial charge in [0.1, 0.15) is 0 Å². The Kier molecular flexibility index (Phi) is 4.23. The SMILES string of the molecule is C#CCNCC(=O)NC(C)c1ccc2[nH]c(=O)[nH]c2c1. The molecule has 0 aliphatic carbocycles. The van der Waals surface area contributed by atoms with Crippen molar-refractivity contribution in [2.24, 2.45) is 0 Å². The Morgan fingerprint density at radius 1 is 1.40 bits per heavy atom. The lowest BCUT2D eigenvalue weighted by molar-refractivity contribution is -0.120. The van der Waals surface area contributed by atoms with E-state index in [0.29, 0.717) is 6.54 Å². The lowest BCUT2D eigenvalue weighted by Gasteiger charge is -2.14. The van der Waals surface area contributed by atoms with Gasteiger partial charge in [0.2, 0.25) is 5.91 Å². The highest BCUT2D eigenvalue weighted by Crippen LogP contribution is 2.16. The van der Waals surface area contributed by atoms with Crippen LogP contribution < -0.4 is 16.3 Å². The molecule has 0 bridgehead atoms. The lowest BCUT2D eigenvalue weighted by Crippen LogP contribution is -2.35. The number of aromatic amines is 2. The van der Waals surface area contributed by atoms with Crippen LogP contribution in [0.4, 0.5) is 0 Å². The molecular formula is C14H16N4O2. The molecule has 6 nitrogen and oxygen atoms in total. The minimum Gasteiger partial charge on any atom is -0.348 e. The van der Waals surface area contributed by atoms with Crippen molar-refractivity contribution < 1.29 is 4.79 Å². The normalized spacial score (nSPS) is 12.0. The first-order chi connectivity index (χ1) is 9.60. The van der Waals surface area contributed by atoms with E-state index >= 15 is 0 Å². The number of rotatable bonds is 5. The van der Waals surface area contributed by atoms with E-state index in [1.807, 2.05) is 25.1 Å². The van der Waals surface area contributed by atoms with E-state index in [0.717, 1.165) is 16.6 Å². The van der Waals surface area contributed by atoms with Crippen LogP contribution in [0.15, 0.2) is 23.0 Å². The van der Waals surface area contributed by atoms with E-state index in [4.69, 9.17) is 6.42 Å². The number of amides is 1. The molecule has 0 fully saturated rings. The fourth-order valence-corrected chi connectivity index (χ4v) is 1.94. The molecule has 1 heterocycles. The van der Waals surface area contributed by atoms with Crippen LogP contribution in [0.3, 0.4) is 0 Å². The van der Waals surface area contributed by atoms with Gasteiger partial charge in [-0.1, -0.05) is 12.0 Å². The second-order valence-electron chi connectivity index (χ2n) is 4.48. The van der Waals surface area contributed by atoms with Crippen LogP contribution in [0.2, 0.25) is 0 Å². The third-order valence-corrected chi connectivity index (χ3v) is 2.93. The maximum absolute atomic E-state index is 11.7. The molecule has 6 heteroatoms. The van der Waals surface area contributed by atoms with E-state index in [1.165, 1.54) is 0 Å². The number of H-pyrrole nitrogens is 2. The van der Waals surface area contributed by atoms with Crippen LogP contribution in [-0.4, -0.2) is 29.0 Å². The van der Waals surface area contributed by atoms with Gasteiger partial charge in [0.05, 0.1) is 30.2 Å². The van der Waals surface area contributed by atoms with Gasteiger partial charge < -0.3 is 15.3 Å². The number of nitrogens with one attached hydrogen (secondary N) is 4. The monoisotopic (exact) mass is 272 g/mol. The summed E-state index contributed by atoms with van der Waals surface area (Å²) < 4.78 is 0. The summed E-state index contributed by atoms with van der Waals surface area (Å²) in [4.78, 5) is 28.2. The predicted octanol–water partition coefficient (Wildman–Crippen LogP) is 0.256. The van der Waals surface area contributed by atoms with Gasteiger partial charge in [0.15, 0.2) is 0 Å². The molecule has 1 amide bonds. The molecule has 4 N–H and O–H groups in total. The van der Waals surface area contributed by atoms with Crippen molar-refractivity contribution in [1.82, 2.24) is 20.6 Å². The van der Waals surface area contributed by atoms with Crippen LogP contribution in [0.1, 0.15) is 18.5 Å². The minimum atomic E-state index is -0.243. The average Bonchev–Trinajstić information content (AvgIpc) is 2.77. The van der Waals surface area contributed by atoms with Gasteiger partial charge in [0, 0.05) is 0 Å². The van der Waals surface area contributed by atoms with E-state index in [-0.39, 0.29) is 24.2 Å². The second-order valence-corrected chi connectivity index (χ2v) is 4.48. The van der Waals surface area contributed by atoms with Crippen LogP contribution >= 0.6 is 0 Å². The van der Waals surface area contributed by atoms with Crippen molar-refractivity contribution in [3.05, 3.63) is 34.2 Å². The third kappa shape index (κ3) is 3.28. The highest BCUT2D eigenvalue weighted by atomic mass is 16.2. The van der Waals surface area contributed by atoms with Crippen LogP contribution in [0.5, 0.6) is 0 Å². The Labute approximate surface area is 116 Å². The van der Waals surface area contributed by atoms with Crippen LogP contribution in [0, 0.1) is 12.3 Å². The second kappa shape index (κ2) is 6.08. The quantitative estimate of drug-likeness (QED) is 0.465. The van der Waals surface area contributed by atoms with Gasteiger partial charge in [-0.2, -0.15) is 0 Å². The molecule has 2 aromatic rings. The van der Waals surface area contributed by atoms with Crippen molar-refractivity contribution in [3.8, 4) is 12.3 Å². The zero-order valence-corrected chi connectivity index (χ0v) is 11.1. The zero-order valence-electron chi connectivity index (χ0n) is 11.1. The predicted molar refractivity (Wildman–Crippen MR) is 77.2 cm³/mol. The number of benzene rings is 1. The fraction of sp³-hybridized carbons (Fsp3) is 0.286. The van der Waals surface area contributed by atoms with Gasteiger partial charge in [-0.05, 0) is 24.6 Å². The van der Waals surface area contributed by atoms with Gasteiger partial charge in [0.25, 0.3) is 0 Å².